The van der Waals surface area contributed by atoms with Gasteiger partial charge in [0.25, 0.3) is 15.9 Å². The lowest BCUT2D eigenvalue weighted by atomic mass is 9.95. The van der Waals surface area contributed by atoms with Crippen LogP contribution in [0.1, 0.15) is 40.9 Å². The molecule has 6 aromatic rings. The van der Waals surface area contributed by atoms with Gasteiger partial charge in [-0.3, -0.25) is 9.52 Å². The number of hydrogen-bond acceptors (Lipinski definition) is 10. The summed E-state index contributed by atoms with van der Waals surface area (Å²) in [6.45, 7) is 11.5. The van der Waals surface area contributed by atoms with Crippen LogP contribution in [0.25, 0.3) is 22.4 Å². The van der Waals surface area contributed by atoms with Crippen LogP contribution in [0, 0.1) is 13.8 Å². The molecule has 4 heterocycles. The van der Waals surface area contributed by atoms with Gasteiger partial charge in [-0.05, 0) is 136 Å². The van der Waals surface area contributed by atoms with Gasteiger partial charge in [0.2, 0.25) is 0 Å². The third kappa shape index (κ3) is 11.6. The van der Waals surface area contributed by atoms with Gasteiger partial charge in [0.05, 0.1) is 28.3 Å². The summed E-state index contributed by atoms with van der Waals surface area (Å²) in [7, 11) is 0.232. The van der Waals surface area contributed by atoms with Crippen molar-refractivity contribution in [3.8, 4) is 22.4 Å². The van der Waals surface area contributed by atoms with Gasteiger partial charge in [-0.25, -0.2) is 8.42 Å². The Hall–Kier alpha value is -5.48. The fourth-order valence-electron chi connectivity index (χ4n) is 9.97. The molecular formula is C55H65ClN8O4S2. The number of piperidine rings is 1. The minimum atomic E-state index is -3.85. The van der Waals surface area contributed by atoms with Crippen LogP contribution in [0.3, 0.4) is 0 Å². The Kier molecular flexibility index (Phi) is 15.5. The van der Waals surface area contributed by atoms with Crippen molar-refractivity contribution in [2.75, 3.05) is 91.5 Å². The SMILES string of the molecule is Cc1cc(S(=O)(=O)Nc2ccc(N3CCN(c4cccc(-c5c(C(=O)NC6CN(C)C6)c(C)n(C)c5-c5ccc(Cl)cc5)c4)CC3)cc2)ccc1N[C@H](CCN1CCC(O)CC1)CSc1ccccc1. The maximum absolute atomic E-state index is 14.1. The number of sulfonamides is 1. The van der Waals surface area contributed by atoms with Gasteiger partial charge in [-0.15, -0.1) is 11.8 Å². The van der Waals surface area contributed by atoms with Crippen LogP contribution < -0.4 is 25.2 Å². The van der Waals surface area contributed by atoms with Gasteiger partial charge in [-0.2, -0.15) is 0 Å². The molecule has 1 atom stereocenters. The number of rotatable bonds is 17. The topological polar surface area (TPSA) is 125 Å². The standard InChI is InChI=1S/C55H65ClN8O4S2/c1-38-33-50(21-22-51(38)57-44(37-69-49-11-6-5-7-12-49)23-26-62-27-24-48(65)25-28-62)70(67,68)59-43-17-19-46(20-18-43)63-29-31-64(32-30-63)47-10-8-9-41(34-47)53-52(55(66)58-45-35-60(3)36-45)39(2)61(4)54(53)40-13-15-42(56)16-14-40/h5-22,33-34,44-45,48,57,59,65H,23-32,35-37H2,1-4H3,(H,58,66)/t44-/m1/s1. The molecule has 0 aliphatic carbocycles. The van der Waals surface area contributed by atoms with Crippen LogP contribution in [-0.2, 0) is 17.1 Å². The average molecular weight is 1000 g/mol. The highest BCUT2D eigenvalue weighted by molar-refractivity contribution is 7.99. The first-order valence-electron chi connectivity index (χ1n) is 24.4. The Labute approximate surface area is 423 Å². The third-order valence-electron chi connectivity index (χ3n) is 14.1. The normalized spacial score (nSPS) is 16.8. The molecule has 9 rings (SSSR count). The average Bonchev–Trinajstić information content (AvgIpc) is 3.62. The number of hydrogen-bond donors (Lipinski definition) is 4. The highest BCUT2D eigenvalue weighted by Gasteiger charge is 2.31. The Balaban J connectivity index is 0.836. The number of nitrogens with zero attached hydrogens (tertiary/aromatic N) is 5. The van der Waals surface area contributed by atoms with E-state index in [4.69, 9.17) is 11.6 Å². The first kappa shape index (κ1) is 49.5. The van der Waals surface area contributed by atoms with Gasteiger partial charge in [-0.1, -0.05) is 54.1 Å². The quantitative estimate of drug-likeness (QED) is 0.0658. The molecule has 0 radical (unpaired) electrons. The number of aliphatic hydroxyl groups is 1. The summed E-state index contributed by atoms with van der Waals surface area (Å²) in [6, 6.07) is 40.0. The molecular weight excluding hydrogens is 936 g/mol. The zero-order valence-corrected chi connectivity index (χ0v) is 43.0. The molecule has 5 aromatic carbocycles. The van der Waals surface area contributed by atoms with E-state index in [1.54, 1.807) is 12.1 Å². The summed E-state index contributed by atoms with van der Waals surface area (Å²) in [4.78, 5) is 24.8. The number of carbonyl (C=O) groups is 1. The number of nitrogens with one attached hydrogen (secondary N) is 3. The number of aryl methyl sites for hydroxylation is 1. The molecule has 4 N–H and O–H groups in total. The lowest BCUT2D eigenvalue weighted by Gasteiger charge is -2.37. The van der Waals surface area contributed by atoms with Crippen molar-refractivity contribution in [3.63, 3.8) is 0 Å². The predicted octanol–water partition coefficient (Wildman–Crippen LogP) is 9.22. The minimum absolute atomic E-state index is 0.0578. The number of piperazine rings is 1. The number of aromatic nitrogens is 1. The summed E-state index contributed by atoms with van der Waals surface area (Å²) in [5.41, 5.74) is 9.86. The summed E-state index contributed by atoms with van der Waals surface area (Å²) < 4.78 is 32.4. The molecule has 3 fully saturated rings. The maximum Gasteiger partial charge on any atom is 0.261 e. The van der Waals surface area contributed by atoms with Crippen molar-refractivity contribution in [2.24, 2.45) is 7.05 Å². The van der Waals surface area contributed by atoms with E-state index in [1.165, 1.54) is 4.90 Å². The van der Waals surface area contributed by atoms with Crippen LogP contribution in [0.2, 0.25) is 5.02 Å². The maximum atomic E-state index is 14.1. The lowest BCUT2D eigenvalue weighted by molar-refractivity contribution is 0.0817. The molecule has 0 bridgehead atoms. The zero-order valence-electron chi connectivity index (χ0n) is 40.6. The number of likely N-dealkylation sites (tertiary alicyclic amines) is 2. The van der Waals surface area contributed by atoms with Crippen LogP contribution in [0.15, 0.2) is 131 Å². The number of aliphatic hydroxyl groups excluding tert-OH is 1. The van der Waals surface area contributed by atoms with Crippen molar-refractivity contribution in [3.05, 3.63) is 143 Å². The number of benzene rings is 5. The number of likely N-dealkylation sites (N-methyl/N-ethyl adjacent to an activating group) is 1. The van der Waals surface area contributed by atoms with E-state index in [-0.39, 0.29) is 29.0 Å². The second kappa shape index (κ2) is 21.9. The van der Waals surface area contributed by atoms with Crippen molar-refractivity contribution in [2.45, 2.75) is 61.1 Å². The van der Waals surface area contributed by atoms with Gasteiger partial charge in [0.15, 0.2) is 0 Å². The first-order valence-corrected chi connectivity index (χ1v) is 27.3. The molecule has 3 aliphatic heterocycles. The molecule has 1 amide bonds. The first-order chi connectivity index (χ1) is 33.8. The van der Waals surface area contributed by atoms with E-state index in [9.17, 15) is 18.3 Å². The van der Waals surface area contributed by atoms with Gasteiger partial charge >= 0.3 is 0 Å². The summed E-state index contributed by atoms with van der Waals surface area (Å²) in [5, 5.41) is 17.7. The third-order valence-corrected chi connectivity index (χ3v) is 16.9. The molecule has 15 heteroatoms. The largest absolute Gasteiger partial charge is 0.393 e. The van der Waals surface area contributed by atoms with E-state index in [0.29, 0.717) is 16.3 Å². The molecule has 0 spiro atoms. The Bertz CT molecular complexity index is 2860. The summed E-state index contributed by atoms with van der Waals surface area (Å²) in [6.07, 6.45) is 2.36. The predicted molar refractivity (Wildman–Crippen MR) is 289 cm³/mol. The van der Waals surface area contributed by atoms with Crippen molar-refractivity contribution < 1.29 is 18.3 Å². The molecule has 368 valence electrons. The smallest absolute Gasteiger partial charge is 0.261 e. The molecule has 3 saturated heterocycles. The molecule has 0 saturated carbocycles. The zero-order chi connectivity index (χ0) is 48.9. The number of halogens is 1. The number of carbonyl (C=O) groups excluding carboxylic acids is 1. The van der Waals surface area contributed by atoms with E-state index >= 15 is 0 Å². The van der Waals surface area contributed by atoms with Crippen molar-refractivity contribution in [1.29, 1.82) is 0 Å². The Morgan fingerprint density at radius 1 is 0.786 bits per heavy atom. The lowest BCUT2D eigenvalue weighted by Crippen LogP contribution is -2.57. The van der Waals surface area contributed by atoms with E-state index in [1.807, 2.05) is 93.3 Å². The van der Waals surface area contributed by atoms with Crippen molar-refractivity contribution >= 4 is 62.0 Å². The highest BCUT2D eigenvalue weighted by atomic mass is 35.5. The minimum Gasteiger partial charge on any atom is -0.393 e. The van der Waals surface area contributed by atoms with Crippen LogP contribution in [-0.4, -0.2) is 124 Å². The van der Waals surface area contributed by atoms with Crippen molar-refractivity contribution in [1.82, 2.24) is 19.7 Å². The van der Waals surface area contributed by atoms with Crippen LogP contribution in [0.4, 0.5) is 22.7 Å². The highest BCUT2D eigenvalue weighted by Crippen LogP contribution is 2.41. The molecule has 12 nitrogen and oxygen atoms in total. The van der Waals surface area contributed by atoms with Crippen LogP contribution in [0.5, 0.6) is 0 Å². The molecule has 0 unspecified atom stereocenters. The molecule has 1 aromatic heterocycles. The number of thioether (sulfide) groups is 1. The van der Waals surface area contributed by atoms with Gasteiger partial charge in [0.1, 0.15) is 0 Å². The molecule has 3 aliphatic rings. The molecule has 70 heavy (non-hydrogen) atoms. The summed E-state index contributed by atoms with van der Waals surface area (Å²) >= 11 is 8.14. The number of amides is 1. The monoisotopic (exact) mass is 1000 g/mol. The van der Waals surface area contributed by atoms with Gasteiger partial charge in [0, 0.05) is 122 Å². The Morgan fingerprint density at radius 3 is 2.14 bits per heavy atom. The van der Waals surface area contributed by atoms with E-state index in [0.717, 1.165) is 135 Å². The second-order valence-corrected chi connectivity index (χ2v) is 22.3. The Morgan fingerprint density at radius 2 is 1.47 bits per heavy atom. The fraction of sp³-hybridized carbons (Fsp3) is 0.364. The van der Waals surface area contributed by atoms with E-state index < -0.39 is 10.0 Å². The van der Waals surface area contributed by atoms with Gasteiger partial charge < -0.3 is 39.9 Å². The number of anilines is 4. The fourth-order valence-corrected chi connectivity index (χ4v) is 12.2. The van der Waals surface area contributed by atoms with E-state index in [2.05, 4.69) is 95.1 Å². The van der Waals surface area contributed by atoms with Crippen LogP contribution >= 0.6 is 23.4 Å². The second-order valence-electron chi connectivity index (χ2n) is 19.1. The summed E-state index contributed by atoms with van der Waals surface area (Å²) in [5.74, 6) is 0.808.